The highest BCUT2D eigenvalue weighted by Crippen LogP contribution is 2.42. The van der Waals surface area contributed by atoms with Crippen LogP contribution in [0.3, 0.4) is 0 Å². The molecule has 1 aromatic heterocycles. The Labute approximate surface area is 172 Å². The minimum Gasteiger partial charge on any atom is -0.507 e. The van der Waals surface area contributed by atoms with Gasteiger partial charge in [-0.15, -0.1) is 11.3 Å². The maximum Gasteiger partial charge on any atom is 0.295 e. The fourth-order valence-electron chi connectivity index (χ4n) is 3.54. The van der Waals surface area contributed by atoms with E-state index in [9.17, 15) is 14.7 Å². The van der Waals surface area contributed by atoms with Gasteiger partial charge >= 0.3 is 0 Å². The summed E-state index contributed by atoms with van der Waals surface area (Å²) in [4.78, 5) is 29.3. The summed E-state index contributed by atoms with van der Waals surface area (Å²) in [6, 6.07) is 8.19. The number of Topliss-reactive ketones (excluding diaryl/α,β-unsaturated/α-hetero) is 1. The summed E-state index contributed by atoms with van der Waals surface area (Å²) in [5.41, 5.74) is 0.537. The average Bonchev–Trinajstić information content (AvgIpc) is 3.33. The van der Waals surface area contributed by atoms with E-state index in [1.165, 1.54) is 16.2 Å². The lowest BCUT2D eigenvalue weighted by atomic mass is 9.99. The van der Waals surface area contributed by atoms with Crippen molar-refractivity contribution >= 4 is 28.8 Å². The van der Waals surface area contributed by atoms with Crippen molar-refractivity contribution in [3.8, 4) is 11.5 Å². The number of nitrogens with zero attached hydrogens (tertiary/aromatic N) is 1. The van der Waals surface area contributed by atoms with Gasteiger partial charge < -0.3 is 24.4 Å². The van der Waals surface area contributed by atoms with E-state index < -0.39 is 17.7 Å². The number of ketones is 1. The van der Waals surface area contributed by atoms with Gasteiger partial charge in [0.05, 0.1) is 38.8 Å². The molecule has 4 rings (SSSR count). The van der Waals surface area contributed by atoms with Crippen LogP contribution in [0.1, 0.15) is 16.5 Å². The standard InChI is InChI=1S/C21H22N2O5S/c1-22(2)7-8-23-18(16-4-3-11-29-16)17(20(25)21(23)26)19(24)13-5-6-14-15(12-13)28-10-9-27-14/h3-6,11-12,18,24H,7-10H2,1-2H3/p+1/t18-/m0/s1. The lowest BCUT2D eigenvalue weighted by Crippen LogP contribution is -3.06. The predicted molar refractivity (Wildman–Crippen MR) is 108 cm³/mol. The number of amides is 1. The van der Waals surface area contributed by atoms with E-state index in [1.54, 1.807) is 23.1 Å². The number of hydrogen-bond acceptors (Lipinski definition) is 6. The number of rotatable bonds is 5. The van der Waals surface area contributed by atoms with Crippen molar-refractivity contribution in [1.29, 1.82) is 0 Å². The molecular weight excluding hydrogens is 392 g/mol. The van der Waals surface area contributed by atoms with Crippen molar-refractivity contribution in [2.75, 3.05) is 40.4 Å². The normalized spacial score (nSPS) is 20.5. The third kappa shape index (κ3) is 3.61. The number of aliphatic hydroxyl groups excluding tert-OH is 1. The Balaban J connectivity index is 1.79. The Kier molecular flexibility index (Phi) is 5.29. The SMILES string of the molecule is C[NH+](C)CCN1C(=O)C(=O)C(=C(O)c2ccc3c(c2)OCCO3)[C@@H]1c1cccs1. The van der Waals surface area contributed by atoms with Gasteiger partial charge in [-0.2, -0.15) is 0 Å². The summed E-state index contributed by atoms with van der Waals surface area (Å²) in [5.74, 6) is -0.331. The molecule has 7 nitrogen and oxygen atoms in total. The molecule has 0 bridgehead atoms. The van der Waals surface area contributed by atoms with Crippen LogP contribution >= 0.6 is 11.3 Å². The van der Waals surface area contributed by atoms with Crippen LogP contribution in [-0.4, -0.2) is 62.1 Å². The van der Waals surface area contributed by atoms with Gasteiger partial charge in [0.15, 0.2) is 11.5 Å². The van der Waals surface area contributed by atoms with E-state index in [2.05, 4.69) is 0 Å². The quantitative estimate of drug-likeness (QED) is 0.434. The first-order valence-corrected chi connectivity index (χ1v) is 10.4. The molecule has 1 saturated heterocycles. The lowest BCUT2D eigenvalue weighted by molar-refractivity contribution is -0.857. The van der Waals surface area contributed by atoms with Crippen molar-refractivity contribution in [2.45, 2.75) is 6.04 Å². The number of nitrogens with one attached hydrogen (secondary N) is 1. The summed E-state index contributed by atoms with van der Waals surface area (Å²) >= 11 is 1.46. The number of carbonyl (C=O) groups excluding carboxylic acids is 2. The van der Waals surface area contributed by atoms with Crippen LogP contribution in [-0.2, 0) is 9.59 Å². The Hall–Kier alpha value is -2.84. The fourth-order valence-corrected chi connectivity index (χ4v) is 4.39. The van der Waals surface area contributed by atoms with E-state index in [-0.39, 0.29) is 11.3 Å². The molecule has 0 unspecified atom stereocenters. The number of likely N-dealkylation sites (N-methyl/N-ethyl adjacent to an activating group) is 1. The Bertz CT molecular complexity index is 967. The van der Waals surface area contributed by atoms with Gasteiger partial charge in [0.2, 0.25) is 0 Å². The lowest BCUT2D eigenvalue weighted by Gasteiger charge is -2.24. The van der Waals surface area contributed by atoms with Crippen LogP contribution in [0.5, 0.6) is 11.5 Å². The summed E-state index contributed by atoms with van der Waals surface area (Å²) < 4.78 is 11.1. The largest absolute Gasteiger partial charge is 0.507 e. The molecule has 2 aliphatic rings. The molecule has 152 valence electrons. The van der Waals surface area contributed by atoms with Crippen molar-refractivity contribution in [2.24, 2.45) is 0 Å². The number of fused-ring (bicyclic) bond motifs is 1. The van der Waals surface area contributed by atoms with E-state index >= 15 is 0 Å². The maximum atomic E-state index is 12.9. The van der Waals surface area contributed by atoms with E-state index in [0.717, 1.165) is 4.88 Å². The number of carbonyl (C=O) groups is 2. The van der Waals surface area contributed by atoms with Crippen LogP contribution in [0.15, 0.2) is 41.3 Å². The minimum atomic E-state index is -0.662. The highest BCUT2D eigenvalue weighted by Gasteiger charge is 2.46. The number of aliphatic hydroxyl groups is 1. The molecule has 0 aliphatic carbocycles. The van der Waals surface area contributed by atoms with E-state index in [1.807, 2.05) is 31.6 Å². The smallest absolute Gasteiger partial charge is 0.295 e. The molecule has 2 N–H and O–H groups in total. The molecule has 1 amide bonds. The van der Waals surface area contributed by atoms with Crippen LogP contribution < -0.4 is 14.4 Å². The molecule has 1 atom stereocenters. The zero-order valence-corrected chi connectivity index (χ0v) is 17.1. The van der Waals surface area contributed by atoms with Gasteiger partial charge in [-0.05, 0) is 29.6 Å². The van der Waals surface area contributed by atoms with Crippen molar-refractivity contribution in [3.63, 3.8) is 0 Å². The number of ether oxygens (including phenoxy) is 2. The monoisotopic (exact) mass is 415 g/mol. The van der Waals surface area contributed by atoms with Crippen LogP contribution in [0.2, 0.25) is 0 Å². The Morgan fingerprint density at radius 3 is 2.66 bits per heavy atom. The molecule has 29 heavy (non-hydrogen) atoms. The topological polar surface area (TPSA) is 80.5 Å². The molecule has 8 heteroatoms. The molecule has 2 aromatic rings. The zero-order valence-electron chi connectivity index (χ0n) is 16.3. The number of benzene rings is 1. The molecule has 0 spiro atoms. The Morgan fingerprint density at radius 1 is 1.21 bits per heavy atom. The Morgan fingerprint density at radius 2 is 1.97 bits per heavy atom. The summed E-state index contributed by atoms with van der Waals surface area (Å²) in [6.45, 7) is 2.01. The third-order valence-corrected chi connectivity index (χ3v) is 5.95. The third-order valence-electron chi connectivity index (χ3n) is 5.02. The van der Waals surface area contributed by atoms with Gasteiger partial charge in [0.1, 0.15) is 19.0 Å². The predicted octanol–water partition coefficient (Wildman–Crippen LogP) is 1.09. The molecule has 2 aliphatic heterocycles. The number of likely N-dealkylation sites (tertiary alicyclic amines) is 1. The molecular formula is C21H23N2O5S+. The van der Waals surface area contributed by atoms with Crippen molar-refractivity contribution in [1.82, 2.24) is 4.90 Å². The van der Waals surface area contributed by atoms with E-state index in [0.29, 0.717) is 43.4 Å². The number of quaternary nitrogens is 1. The first-order chi connectivity index (χ1) is 14.0. The van der Waals surface area contributed by atoms with E-state index in [4.69, 9.17) is 9.47 Å². The number of hydrogen-bond donors (Lipinski definition) is 2. The van der Waals surface area contributed by atoms with Crippen LogP contribution in [0.4, 0.5) is 0 Å². The first-order valence-electron chi connectivity index (χ1n) is 9.48. The second-order valence-corrected chi connectivity index (χ2v) is 8.30. The van der Waals surface area contributed by atoms with Gasteiger partial charge in [-0.1, -0.05) is 6.07 Å². The van der Waals surface area contributed by atoms with Gasteiger partial charge in [-0.3, -0.25) is 9.59 Å². The zero-order chi connectivity index (χ0) is 20.5. The molecule has 0 saturated carbocycles. The molecule has 1 fully saturated rings. The van der Waals surface area contributed by atoms with Crippen molar-refractivity contribution < 1.29 is 29.1 Å². The second kappa shape index (κ2) is 7.88. The van der Waals surface area contributed by atoms with Gasteiger partial charge in [-0.25, -0.2) is 0 Å². The summed E-state index contributed by atoms with van der Waals surface area (Å²) in [7, 11) is 3.98. The minimum absolute atomic E-state index is 0.114. The highest BCUT2D eigenvalue weighted by atomic mass is 32.1. The average molecular weight is 415 g/mol. The van der Waals surface area contributed by atoms with Gasteiger partial charge in [0, 0.05) is 10.4 Å². The molecule has 3 heterocycles. The van der Waals surface area contributed by atoms with Crippen LogP contribution in [0, 0.1) is 0 Å². The van der Waals surface area contributed by atoms with Crippen molar-refractivity contribution in [3.05, 3.63) is 51.7 Å². The summed E-state index contributed by atoms with van der Waals surface area (Å²) in [5, 5.41) is 13.0. The highest BCUT2D eigenvalue weighted by molar-refractivity contribution is 7.10. The fraction of sp³-hybridized carbons (Fsp3) is 0.333. The number of thiophene rings is 1. The second-order valence-electron chi connectivity index (χ2n) is 7.32. The van der Waals surface area contributed by atoms with Crippen LogP contribution in [0.25, 0.3) is 5.76 Å². The molecule has 0 radical (unpaired) electrons. The maximum absolute atomic E-state index is 12.9. The first kappa shape index (κ1) is 19.5. The van der Waals surface area contributed by atoms with Gasteiger partial charge in [0.25, 0.3) is 11.7 Å². The molecule has 1 aromatic carbocycles. The summed E-state index contributed by atoms with van der Waals surface area (Å²) in [6.07, 6.45) is 0.